The monoisotopic (exact) mass is 206 g/mol. The summed E-state index contributed by atoms with van der Waals surface area (Å²) in [6, 6.07) is 0. The highest BCUT2D eigenvalue weighted by Gasteiger charge is 2.11. The third-order valence-corrected chi connectivity index (χ3v) is 2.55. The molecule has 0 radical (unpaired) electrons. The lowest BCUT2D eigenvalue weighted by atomic mass is 10.3. The van der Waals surface area contributed by atoms with Crippen LogP contribution in [0.25, 0.3) is 0 Å². The molecule has 84 valence electrons. The number of likely N-dealkylation sites (tertiary alicyclic amines) is 1. The first kappa shape index (κ1) is 12.1. The molecule has 0 unspecified atom stereocenters. The molecule has 2 nitrogen and oxygen atoms in total. The van der Waals surface area contributed by atoms with Crippen LogP contribution >= 0.6 is 0 Å². The van der Waals surface area contributed by atoms with Gasteiger partial charge in [0.05, 0.1) is 0 Å². The topological polar surface area (TPSA) is 6.48 Å². The van der Waals surface area contributed by atoms with Gasteiger partial charge >= 0.3 is 0 Å². The molecule has 0 bridgehead atoms. The van der Waals surface area contributed by atoms with E-state index in [9.17, 15) is 0 Å². The van der Waals surface area contributed by atoms with Gasteiger partial charge in [-0.1, -0.05) is 18.7 Å². The van der Waals surface area contributed by atoms with Crippen molar-refractivity contribution >= 4 is 0 Å². The first-order valence-electron chi connectivity index (χ1n) is 5.63. The van der Waals surface area contributed by atoms with E-state index >= 15 is 0 Å². The lowest BCUT2D eigenvalue weighted by Crippen LogP contribution is -2.16. The fourth-order valence-corrected chi connectivity index (χ4v) is 1.72. The van der Waals surface area contributed by atoms with Crippen LogP contribution in [-0.2, 0) is 0 Å². The Morgan fingerprint density at radius 3 is 2.53 bits per heavy atom. The Hall–Kier alpha value is -1.02. The summed E-state index contributed by atoms with van der Waals surface area (Å²) in [6.07, 6.45) is 11.0. The third-order valence-electron chi connectivity index (χ3n) is 2.55. The Morgan fingerprint density at radius 2 is 2.00 bits per heavy atom. The molecule has 0 saturated carbocycles. The number of nitrogens with zero attached hydrogens (tertiary/aromatic N) is 2. The summed E-state index contributed by atoms with van der Waals surface area (Å²) in [5.41, 5.74) is 1.25. The summed E-state index contributed by atoms with van der Waals surface area (Å²) in [4.78, 5) is 4.54. The molecule has 0 atom stereocenters. The normalized spacial score (nSPS) is 18.1. The fourth-order valence-electron chi connectivity index (χ4n) is 1.72. The van der Waals surface area contributed by atoms with E-state index in [-0.39, 0.29) is 0 Å². The maximum Gasteiger partial charge on any atom is 0.0360 e. The molecule has 15 heavy (non-hydrogen) atoms. The van der Waals surface area contributed by atoms with Crippen molar-refractivity contribution in [3.05, 3.63) is 36.6 Å². The third kappa shape index (κ3) is 4.34. The minimum atomic E-state index is 0.987. The highest BCUT2D eigenvalue weighted by molar-refractivity contribution is 5.21. The quantitative estimate of drug-likeness (QED) is 0.637. The first-order valence-corrected chi connectivity index (χ1v) is 5.63. The molecule has 0 amide bonds. The van der Waals surface area contributed by atoms with Crippen molar-refractivity contribution in [2.45, 2.75) is 12.8 Å². The molecule has 0 spiro atoms. The van der Waals surface area contributed by atoms with Crippen LogP contribution in [0, 0.1) is 0 Å². The van der Waals surface area contributed by atoms with Crippen molar-refractivity contribution < 1.29 is 0 Å². The summed E-state index contributed by atoms with van der Waals surface area (Å²) >= 11 is 0. The molecule has 1 fully saturated rings. The van der Waals surface area contributed by atoms with Crippen LogP contribution in [0.5, 0.6) is 0 Å². The standard InChI is InChI=1S/C13H22N2/c1-4-13(15-11-7-8-12-15)9-5-6-10-14(2)3/h4-6,9H,1,7-8,10-12H2,2-3H3/b6-5+,13-9+. The Labute approximate surface area is 93.6 Å². The largest absolute Gasteiger partial charge is 0.372 e. The minimum Gasteiger partial charge on any atom is -0.372 e. The highest BCUT2D eigenvalue weighted by atomic mass is 15.1. The van der Waals surface area contributed by atoms with Gasteiger partial charge in [-0.25, -0.2) is 0 Å². The molecule has 1 saturated heterocycles. The summed E-state index contributed by atoms with van der Waals surface area (Å²) < 4.78 is 0. The van der Waals surface area contributed by atoms with Gasteiger partial charge in [-0.2, -0.15) is 0 Å². The first-order chi connectivity index (χ1) is 7.24. The van der Waals surface area contributed by atoms with Crippen LogP contribution in [0.3, 0.4) is 0 Å². The van der Waals surface area contributed by atoms with Gasteiger partial charge in [0.25, 0.3) is 0 Å². The van der Waals surface area contributed by atoms with Gasteiger partial charge in [0.2, 0.25) is 0 Å². The number of rotatable bonds is 5. The fraction of sp³-hybridized carbons (Fsp3) is 0.538. The van der Waals surface area contributed by atoms with Crippen molar-refractivity contribution in [2.75, 3.05) is 33.7 Å². The maximum absolute atomic E-state index is 3.87. The zero-order valence-corrected chi connectivity index (χ0v) is 9.95. The second-order valence-corrected chi connectivity index (χ2v) is 4.18. The van der Waals surface area contributed by atoms with Crippen molar-refractivity contribution in [3.8, 4) is 0 Å². The van der Waals surface area contributed by atoms with Gasteiger partial charge in [0.15, 0.2) is 0 Å². The van der Waals surface area contributed by atoms with Crippen LogP contribution in [-0.4, -0.2) is 43.5 Å². The van der Waals surface area contributed by atoms with Crippen LogP contribution in [0.15, 0.2) is 36.6 Å². The van der Waals surface area contributed by atoms with Crippen LogP contribution in [0.4, 0.5) is 0 Å². The van der Waals surface area contributed by atoms with E-state index in [4.69, 9.17) is 0 Å². The summed E-state index contributed by atoms with van der Waals surface area (Å²) in [7, 11) is 4.14. The molecule has 1 rings (SSSR count). The zero-order valence-electron chi connectivity index (χ0n) is 9.95. The summed E-state index contributed by atoms with van der Waals surface area (Å²) in [5.74, 6) is 0. The maximum atomic E-state index is 3.87. The van der Waals surface area contributed by atoms with Gasteiger partial charge in [0.1, 0.15) is 0 Å². The van der Waals surface area contributed by atoms with Gasteiger partial charge < -0.3 is 9.80 Å². The van der Waals surface area contributed by atoms with Crippen LogP contribution < -0.4 is 0 Å². The van der Waals surface area contributed by atoms with E-state index in [2.05, 4.69) is 48.7 Å². The van der Waals surface area contributed by atoms with Crippen molar-refractivity contribution in [1.82, 2.24) is 9.80 Å². The highest BCUT2D eigenvalue weighted by Crippen LogP contribution is 2.15. The van der Waals surface area contributed by atoms with E-state index in [1.54, 1.807) is 0 Å². The van der Waals surface area contributed by atoms with Crippen molar-refractivity contribution in [3.63, 3.8) is 0 Å². The Kier molecular flexibility index (Phi) is 5.19. The van der Waals surface area contributed by atoms with E-state index in [1.807, 2.05) is 6.08 Å². The smallest absolute Gasteiger partial charge is 0.0360 e. The summed E-state index contributed by atoms with van der Waals surface area (Å²) in [5, 5.41) is 0. The van der Waals surface area contributed by atoms with E-state index in [0.29, 0.717) is 0 Å². The molecular weight excluding hydrogens is 184 g/mol. The molecular formula is C13H22N2. The molecule has 0 aliphatic carbocycles. The van der Waals surface area contributed by atoms with Crippen molar-refractivity contribution in [2.24, 2.45) is 0 Å². The van der Waals surface area contributed by atoms with Gasteiger partial charge in [-0.15, -0.1) is 0 Å². The number of allylic oxidation sites excluding steroid dienone is 3. The molecule has 0 N–H and O–H groups in total. The lowest BCUT2D eigenvalue weighted by molar-refractivity contribution is 0.440. The van der Waals surface area contributed by atoms with Gasteiger partial charge in [-0.05, 0) is 39.1 Å². The average Bonchev–Trinajstić information content (AvgIpc) is 2.70. The molecule has 1 aliphatic heterocycles. The average molecular weight is 206 g/mol. The molecule has 0 aromatic heterocycles. The molecule has 0 aromatic carbocycles. The number of hydrogen-bond donors (Lipinski definition) is 0. The Morgan fingerprint density at radius 1 is 1.33 bits per heavy atom. The van der Waals surface area contributed by atoms with Crippen LogP contribution in [0.1, 0.15) is 12.8 Å². The SMILES string of the molecule is C=C/C(=C\C=C\CN(C)C)N1CCCC1. The van der Waals surface area contributed by atoms with E-state index in [1.165, 1.54) is 31.6 Å². The second-order valence-electron chi connectivity index (χ2n) is 4.18. The minimum absolute atomic E-state index is 0.987. The lowest BCUT2D eigenvalue weighted by Gasteiger charge is -2.17. The zero-order chi connectivity index (χ0) is 11.1. The molecule has 1 aliphatic rings. The van der Waals surface area contributed by atoms with E-state index < -0.39 is 0 Å². The Bertz CT molecular complexity index is 245. The predicted molar refractivity (Wildman–Crippen MR) is 66.8 cm³/mol. The predicted octanol–water partition coefficient (Wildman–Crippen LogP) is 2.27. The van der Waals surface area contributed by atoms with Crippen LogP contribution in [0.2, 0.25) is 0 Å². The number of likely N-dealkylation sites (N-methyl/N-ethyl adjacent to an activating group) is 1. The Balaban J connectivity index is 2.46. The van der Waals surface area contributed by atoms with Gasteiger partial charge in [-0.3, -0.25) is 0 Å². The van der Waals surface area contributed by atoms with E-state index in [0.717, 1.165) is 6.54 Å². The number of hydrogen-bond acceptors (Lipinski definition) is 2. The molecule has 2 heteroatoms. The molecule has 0 aromatic rings. The molecule has 1 heterocycles. The van der Waals surface area contributed by atoms with Crippen molar-refractivity contribution in [1.29, 1.82) is 0 Å². The van der Waals surface area contributed by atoms with Gasteiger partial charge in [0, 0.05) is 25.3 Å². The second kappa shape index (κ2) is 6.46. The summed E-state index contributed by atoms with van der Waals surface area (Å²) in [6.45, 7) is 7.21.